The first-order chi connectivity index (χ1) is 23.6. The number of amides is 4. The van der Waals surface area contributed by atoms with Crippen molar-refractivity contribution in [1.29, 1.82) is 0 Å². The van der Waals surface area contributed by atoms with E-state index in [-0.39, 0.29) is 23.7 Å². The van der Waals surface area contributed by atoms with Crippen LogP contribution in [0.5, 0.6) is 17.2 Å². The molecule has 0 aromatic heterocycles. The van der Waals surface area contributed by atoms with E-state index < -0.39 is 29.1 Å². The normalized spacial score (nSPS) is 18.1. The number of halogens is 2. The number of nitrogens with one attached hydrogen (secondary N) is 2. The first-order valence-electron chi connectivity index (χ1n) is 16.6. The van der Waals surface area contributed by atoms with E-state index in [2.05, 4.69) is 22.5 Å². The minimum Gasteiger partial charge on any atom is -0.493 e. The van der Waals surface area contributed by atoms with Gasteiger partial charge in [0.1, 0.15) is 17.4 Å². The zero-order valence-electron chi connectivity index (χ0n) is 27.8. The third-order valence-electron chi connectivity index (χ3n) is 8.88. The van der Waals surface area contributed by atoms with Gasteiger partial charge in [-0.15, -0.1) is 0 Å². The second kappa shape index (κ2) is 16.6. The van der Waals surface area contributed by atoms with E-state index in [4.69, 9.17) is 19.9 Å². The van der Waals surface area contributed by atoms with E-state index in [0.29, 0.717) is 74.6 Å². The number of hydrogen-bond donors (Lipinski definition) is 3. The predicted octanol–water partition coefficient (Wildman–Crippen LogP) is 5.68. The molecule has 2 saturated heterocycles. The topological polar surface area (TPSA) is 135 Å². The highest BCUT2D eigenvalue weighted by molar-refractivity contribution is 5.96. The molecular formula is C36H43F2N5O6. The Bertz CT molecular complexity index is 1630. The Balaban J connectivity index is 1.17. The largest absolute Gasteiger partial charge is 0.493 e. The van der Waals surface area contributed by atoms with Gasteiger partial charge in [-0.25, -0.2) is 13.6 Å². The molecule has 0 aliphatic carbocycles. The van der Waals surface area contributed by atoms with Gasteiger partial charge >= 0.3 is 6.03 Å². The fourth-order valence-electron chi connectivity index (χ4n) is 6.21. The number of carbonyl (C=O) groups is 3. The number of anilines is 1. The predicted molar refractivity (Wildman–Crippen MR) is 180 cm³/mol. The fraction of sp³-hybridized carbons (Fsp3) is 0.417. The van der Waals surface area contributed by atoms with E-state index in [1.165, 1.54) is 0 Å². The summed E-state index contributed by atoms with van der Waals surface area (Å²) in [5.41, 5.74) is 5.96. The zero-order valence-corrected chi connectivity index (χ0v) is 27.8. The maximum atomic E-state index is 14.3. The number of benzene rings is 3. The van der Waals surface area contributed by atoms with Gasteiger partial charge in [-0.3, -0.25) is 14.5 Å². The van der Waals surface area contributed by atoms with Crippen LogP contribution in [-0.2, 0) is 11.3 Å². The van der Waals surface area contributed by atoms with E-state index in [0.717, 1.165) is 37.4 Å². The molecule has 2 unspecified atom stereocenters. The lowest BCUT2D eigenvalue weighted by Crippen LogP contribution is -2.50. The Labute approximate surface area is 284 Å². The number of hydrogen-bond acceptors (Lipinski definition) is 7. The lowest BCUT2D eigenvalue weighted by atomic mass is 9.93. The summed E-state index contributed by atoms with van der Waals surface area (Å²) in [6.45, 7) is 5.75. The van der Waals surface area contributed by atoms with Crippen molar-refractivity contribution >= 4 is 23.5 Å². The first kappa shape index (κ1) is 35.6. The molecule has 11 nitrogen and oxygen atoms in total. The summed E-state index contributed by atoms with van der Waals surface area (Å²) in [6, 6.07) is 13.9. The van der Waals surface area contributed by atoms with Crippen molar-refractivity contribution in [3.63, 3.8) is 0 Å². The molecule has 2 fully saturated rings. The lowest BCUT2D eigenvalue weighted by Gasteiger charge is -2.40. The van der Waals surface area contributed by atoms with Crippen LogP contribution in [0, 0.1) is 11.6 Å². The average Bonchev–Trinajstić information content (AvgIpc) is 3.10. The summed E-state index contributed by atoms with van der Waals surface area (Å²) < 4.78 is 45.2. The number of methoxy groups -OCH3 is 1. The Morgan fingerprint density at radius 1 is 0.980 bits per heavy atom. The van der Waals surface area contributed by atoms with Crippen LogP contribution in [0.4, 0.5) is 19.3 Å². The smallest absolute Gasteiger partial charge is 0.319 e. The highest BCUT2D eigenvalue weighted by Crippen LogP contribution is 2.33. The molecule has 2 heterocycles. The summed E-state index contributed by atoms with van der Waals surface area (Å²) in [7, 11) is 1.54. The number of rotatable bonds is 12. The third kappa shape index (κ3) is 9.24. The Kier molecular flexibility index (Phi) is 12.0. The Hall–Kier alpha value is -4.75. The standard InChI is InChI=1S/C36H43F2N5O6/c1-3-4-5-26-19-25(40-36(46)41-31-20-28(34(39)44)29(37)21-30(31)38)12-13-43(26)22-23-6-9-27(10-7-23)49-32-11-8-24(18-33(32)47-2)35(45)42-14-16-48-17-15-42/h6-11,18,20-21,25-26H,3-5,12-17,19,22H2,1-2H3,(H2,39,44)(H2,40,41,46). The molecule has 0 saturated carbocycles. The van der Waals surface area contributed by atoms with Crippen LogP contribution in [-0.4, -0.2) is 79.7 Å². The molecule has 2 aliphatic rings. The molecule has 0 spiro atoms. The maximum Gasteiger partial charge on any atom is 0.319 e. The van der Waals surface area contributed by atoms with E-state index >= 15 is 0 Å². The number of ether oxygens (including phenoxy) is 3. The number of unbranched alkanes of at least 4 members (excludes halogenated alkanes) is 1. The van der Waals surface area contributed by atoms with Crippen LogP contribution in [0.1, 0.15) is 65.3 Å². The molecule has 4 N–H and O–H groups in total. The highest BCUT2D eigenvalue weighted by atomic mass is 19.1. The van der Waals surface area contributed by atoms with Gasteiger partial charge in [-0.05, 0) is 61.2 Å². The summed E-state index contributed by atoms with van der Waals surface area (Å²) in [4.78, 5) is 41.3. The van der Waals surface area contributed by atoms with E-state index in [9.17, 15) is 23.2 Å². The average molecular weight is 680 g/mol. The molecule has 0 radical (unpaired) electrons. The van der Waals surface area contributed by atoms with E-state index in [1.54, 1.807) is 30.2 Å². The first-order valence-corrected chi connectivity index (χ1v) is 16.6. The van der Waals surface area contributed by atoms with Gasteiger partial charge < -0.3 is 35.5 Å². The minimum atomic E-state index is -1.09. The van der Waals surface area contributed by atoms with Crippen LogP contribution < -0.4 is 25.8 Å². The molecule has 3 aromatic rings. The van der Waals surface area contributed by atoms with Crippen molar-refractivity contribution in [1.82, 2.24) is 15.1 Å². The number of urea groups is 1. The van der Waals surface area contributed by atoms with Crippen LogP contribution in [0.15, 0.2) is 54.6 Å². The Morgan fingerprint density at radius 2 is 1.73 bits per heavy atom. The zero-order chi connectivity index (χ0) is 34.9. The van der Waals surface area contributed by atoms with Crippen LogP contribution in [0.3, 0.4) is 0 Å². The van der Waals surface area contributed by atoms with Crippen LogP contribution in [0.25, 0.3) is 0 Å². The fourth-order valence-corrected chi connectivity index (χ4v) is 6.21. The number of morpholine rings is 1. The summed E-state index contributed by atoms with van der Waals surface area (Å²) in [5.74, 6) is -1.62. The molecule has 262 valence electrons. The second-order valence-corrected chi connectivity index (χ2v) is 12.3. The quantitative estimate of drug-likeness (QED) is 0.224. The van der Waals surface area contributed by atoms with Crippen molar-refractivity contribution in [3.05, 3.63) is 82.9 Å². The molecule has 49 heavy (non-hydrogen) atoms. The Morgan fingerprint density at radius 3 is 2.43 bits per heavy atom. The molecule has 2 aliphatic heterocycles. The lowest BCUT2D eigenvalue weighted by molar-refractivity contribution is 0.0302. The molecule has 13 heteroatoms. The number of nitrogens with two attached hydrogens (primary N) is 1. The van der Waals surface area contributed by atoms with Crippen molar-refractivity contribution in [3.8, 4) is 17.2 Å². The maximum absolute atomic E-state index is 14.3. The molecule has 5 rings (SSSR count). The number of piperidine rings is 1. The summed E-state index contributed by atoms with van der Waals surface area (Å²) in [6.07, 6.45) is 4.40. The molecule has 4 amide bonds. The molecule has 3 aromatic carbocycles. The summed E-state index contributed by atoms with van der Waals surface area (Å²) >= 11 is 0. The van der Waals surface area contributed by atoms with Gasteiger partial charge in [0.25, 0.3) is 11.8 Å². The van der Waals surface area contributed by atoms with Gasteiger partial charge in [0.2, 0.25) is 0 Å². The van der Waals surface area contributed by atoms with Crippen molar-refractivity contribution in [2.75, 3.05) is 45.3 Å². The second-order valence-electron chi connectivity index (χ2n) is 12.3. The van der Waals surface area contributed by atoms with E-state index in [1.807, 2.05) is 24.3 Å². The van der Waals surface area contributed by atoms with Gasteiger partial charge in [-0.2, -0.15) is 0 Å². The number of nitrogens with zero attached hydrogens (tertiary/aromatic N) is 2. The molecule has 2 atom stereocenters. The van der Waals surface area contributed by atoms with Gasteiger partial charge in [0, 0.05) is 49.9 Å². The molecule has 0 bridgehead atoms. The van der Waals surface area contributed by atoms with Crippen LogP contribution in [0.2, 0.25) is 0 Å². The van der Waals surface area contributed by atoms with Crippen molar-refractivity contribution in [2.45, 2.75) is 57.7 Å². The van der Waals surface area contributed by atoms with Gasteiger partial charge in [0.05, 0.1) is 31.6 Å². The van der Waals surface area contributed by atoms with Gasteiger partial charge in [0.15, 0.2) is 11.5 Å². The van der Waals surface area contributed by atoms with Gasteiger partial charge in [-0.1, -0.05) is 31.9 Å². The third-order valence-corrected chi connectivity index (χ3v) is 8.88. The SMILES string of the molecule is CCCCC1CC(NC(=O)Nc2cc(C(N)=O)c(F)cc2F)CCN1Cc1ccc(Oc2ccc(C(=O)N3CCOCC3)cc2OC)cc1. The minimum absolute atomic E-state index is 0.0709. The highest BCUT2D eigenvalue weighted by Gasteiger charge is 2.29. The number of primary amides is 1. The van der Waals surface area contributed by atoms with Crippen LogP contribution >= 0.6 is 0 Å². The number of carbonyl (C=O) groups excluding carboxylic acids is 3. The van der Waals surface area contributed by atoms with Crippen molar-refractivity contribution in [2.24, 2.45) is 5.73 Å². The molecular weight excluding hydrogens is 636 g/mol. The summed E-state index contributed by atoms with van der Waals surface area (Å²) in [5, 5.41) is 5.29. The monoisotopic (exact) mass is 679 g/mol. The number of likely N-dealkylation sites (tertiary alicyclic amines) is 1. The van der Waals surface area contributed by atoms with Crippen molar-refractivity contribution < 1.29 is 37.4 Å².